The number of rotatable bonds is 4. The molecule has 0 bridgehead atoms. The number of nitrogens with zero attached hydrogens (tertiary/aromatic N) is 3. The SMILES string of the molecule is CCCC1CCCCN1c1n[nH]c(=S)n1-c1ccccc1. The minimum Gasteiger partial charge on any atom is -0.338 e. The van der Waals surface area contributed by atoms with Crippen LogP contribution in [-0.2, 0) is 0 Å². The first-order valence-electron chi connectivity index (χ1n) is 7.80. The van der Waals surface area contributed by atoms with Crippen molar-refractivity contribution in [2.45, 2.75) is 45.1 Å². The first-order valence-corrected chi connectivity index (χ1v) is 8.21. The smallest absolute Gasteiger partial charge is 0.230 e. The van der Waals surface area contributed by atoms with E-state index < -0.39 is 0 Å². The molecule has 1 unspecified atom stereocenters. The summed E-state index contributed by atoms with van der Waals surface area (Å²) in [7, 11) is 0. The summed E-state index contributed by atoms with van der Waals surface area (Å²) in [6, 6.07) is 10.8. The maximum atomic E-state index is 5.45. The Hall–Kier alpha value is -1.62. The van der Waals surface area contributed by atoms with Gasteiger partial charge in [0.15, 0.2) is 0 Å². The van der Waals surface area contributed by atoms with Gasteiger partial charge in [-0.05, 0) is 50.0 Å². The number of piperidine rings is 1. The van der Waals surface area contributed by atoms with E-state index in [1.807, 2.05) is 18.2 Å². The van der Waals surface area contributed by atoms with Crippen LogP contribution in [0.3, 0.4) is 0 Å². The Morgan fingerprint density at radius 3 is 2.86 bits per heavy atom. The summed E-state index contributed by atoms with van der Waals surface area (Å²) in [5.74, 6) is 0.962. The van der Waals surface area contributed by atoms with E-state index in [4.69, 9.17) is 12.2 Å². The molecule has 4 nitrogen and oxygen atoms in total. The summed E-state index contributed by atoms with van der Waals surface area (Å²) in [5, 5.41) is 7.49. The van der Waals surface area contributed by atoms with Gasteiger partial charge in [0.1, 0.15) is 0 Å². The molecule has 2 heterocycles. The molecule has 1 aliphatic rings. The molecule has 1 aliphatic heterocycles. The van der Waals surface area contributed by atoms with Gasteiger partial charge in [-0.15, -0.1) is 5.10 Å². The number of benzene rings is 1. The van der Waals surface area contributed by atoms with Crippen molar-refractivity contribution >= 4 is 18.2 Å². The van der Waals surface area contributed by atoms with E-state index in [0.29, 0.717) is 10.8 Å². The molecule has 3 rings (SSSR count). The Morgan fingerprint density at radius 2 is 2.10 bits per heavy atom. The third kappa shape index (κ3) is 2.88. The minimum atomic E-state index is 0.580. The average molecular weight is 302 g/mol. The highest BCUT2D eigenvalue weighted by atomic mass is 32.1. The monoisotopic (exact) mass is 302 g/mol. The number of H-pyrrole nitrogens is 1. The molecule has 5 heteroatoms. The molecule has 1 aromatic heterocycles. The molecule has 0 saturated carbocycles. The van der Waals surface area contributed by atoms with Crippen LogP contribution in [0, 0.1) is 4.77 Å². The van der Waals surface area contributed by atoms with Crippen molar-refractivity contribution in [3.8, 4) is 5.69 Å². The van der Waals surface area contributed by atoms with E-state index in [1.54, 1.807) is 0 Å². The van der Waals surface area contributed by atoms with Gasteiger partial charge in [0.05, 0.1) is 5.69 Å². The highest BCUT2D eigenvalue weighted by Crippen LogP contribution is 2.27. The maximum absolute atomic E-state index is 5.45. The van der Waals surface area contributed by atoms with Crippen molar-refractivity contribution in [3.05, 3.63) is 35.1 Å². The maximum Gasteiger partial charge on any atom is 0.230 e. The predicted molar refractivity (Wildman–Crippen MR) is 88.6 cm³/mol. The van der Waals surface area contributed by atoms with Gasteiger partial charge in [0.25, 0.3) is 0 Å². The number of aromatic nitrogens is 3. The Kier molecular flexibility index (Phi) is 4.39. The Morgan fingerprint density at radius 1 is 1.29 bits per heavy atom. The lowest BCUT2D eigenvalue weighted by Crippen LogP contribution is -2.41. The summed E-state index contributed by atoms with van der Waals surface area (Å²) in [6.07, 6.45) is 6.22. The van der Waals surface area contributed by atoms with Gasteiger partial charge in [-0.25, -0.2) is 5.10 Å². The minimum absolute atomic E-state index is 0.580. The second kappa shape index (κ2) is 6.43. The van der Waals surface area contributed by atoms with Crippen molar-refractivity contribution in [2.75, 3.05) is 11.4 Å². The van der Waals surface area contributed by atoms with Gasteiger partial charge in [0, 0.05) is 12.6 Å². The Bertz CT molecular complexity index is 629. The second-order valence-electron chi connectivity index (χ2n) is 5.63. The lowest BCUT2D eigenvalue weighted by Gasteiger charge is -2.36. The van der Waals surface area contributed by atoms with Crippen LogP contribution in [0.25, 0.3) is 5.69 Å². The molecule has 1 saturated heterocycles. The Labute approximate surface area is 130 Å². The molecule has 0 amide bonds. The summed E-state index contributed by atoms with van der Waals surface area (Å²) in [4.78, 5) is 2.44. The quantitative estimate of drug-likeness (QED) is 0.864. The molecular weight excluding hydrogens is 280 g/mol. The van der Waals surface area contributed by atoms with Gasteiger partial charge in [-0.2, -0.15) is 0 Å². The zero-order chi connectivity index (χ0) is 14.7. The van der Waals surface area contributed by atoms with Gasteiger partial charge < -0.3 is 4.90 Å². The van der Waals surface area contributed by atoms with E-state index >= 15 is 0 Å². The van der Waals surface area contributed by atoms with Crippen LogP contribution < -0.4 is 4.90 Å². The summed E-state index contributed by atoms with van der Waals surface area (Å²) < 4.78 is 2.72. The zero-order valence-electron chi connectivity index (χ0n) is 12.5. The van der Waals surface area contributed by atoms with E-state index in [1.165, 1.54) is 32.1 Å². The van der Waals surface area contributed by atoms with Crippen LogP contribution in [0.15, 0.2) is 30.3 Å². The van der Waals surface area contributed by atoms with Crippen LogP contribution in [-0.4, -0.2) is 27.4 Å². The standard InChI is InChI=1S/C16H22N4S/c1-2-8-13-9-6-7-12-19(13)15-17-18-16(21)20(15)14-10-4-3-5-11-14/h3-5,10-11,13H,2,6-9,12H2,1H3,(H,18,21). The second-order valence-corrected chi connectivity index (χ2v) is 6.02. The molecule has 2 aromatic rings. The number of anilines is 1. The molecular formula is C16H22N4S. The highest BCUT2D eigenvalue weighted by Gasteiger charge is 2.26. The lowest BCUT2D eigenvalue weighted by molar-refractivity contribution is 0.427. The fourth-order valence-corrected chi connectivity index (χ4v) is 3.42. The summed E-state index contributed by atoms with van der Waals surface area (Å²) >= 11 is 5.45. The number of para-hydroxylation sites is 1. The molecule has 0 spiro atoms. The van der Waals surface area contributed by atoms with Gasteiger partial charge >= 0.3 is 0 Å². The van der Waals surface area contributed by atoms with Gasteiger partial charge in [0.2, 0.25) is 10.7 Å². The Balaban J connectivity index is 2.01. The lowest BCUT2D eigenvalue weighted by atomic mass is 9.99. The normalized spacial score (nSPS) is 18.9. The fraction of sp³-hybridized carbons (Fsp3) is 0.500. The van der Waals surface area contributed by atoms with Crippen LogP contribution in [0.2, 0.25) is 0 Å². The predicted octanol–water partition coefficient (Wildman–Crippen LogP) is 4.09. The summed E-state index contributed by atoms with van der Waals surface area (Å²) in [5.41, 5.74) is 1.08. The molecule has 0 radical (unpaired) electrons. The van der Waals surface area contributed by atoms with Crippen LogP contribution in [0.1, 0.15) is 39.0 Å². The van der Waals surface area contributed by atoms with Crippen molar-refractivity contribution in [1.29, 1.82) is 0 Å². The van der Waals surface area contributed by atoms with Crippen LogP contribution >= 0.6 is 12.2 Å². The number of hydrogen-bond donors (Lipinski definition) is 1. The first-order chi connectivity index (χ1) is 10.3. The molecule has 21 heavy (non-hydrogen) atoms. The molecule has 1 aromatic carbocycles. The molecule has 1 fully saturated rings. The van der Waals surface area contributed by atoms with E-state index in [0.717, 1.165) is 18.2 Å². The van der Waals surface area contributed by atoms with Crippen molar-refractivity contribution in [2.24, 2.45) is 0 Å². The van der Waals surface area contributed by atoms with Crippen molar-refractivity contribution in [1.82, 2.24) is 14.8 Å². The average Bonchev–Trinajstić information content (AvgIpc) is 2.91. The van der Waals surface area contributed by atoms with E-state index in [-0.39, 0.29) is 0 Å². The highest BCUT2D eigenvalue weighted by molar-refractivity contribution is 7.71. The van der Waals surface area contributed by atoms with Gasteiger partial charge in [-0.3, -0.25) is 4.57 Å². The van der Waals surface area contributed by atoms with Crippen molar-refractivity contribution < 1.29 is 0 Å². The topological polar surface area (TPSA) is 36.9 Å². The number of hydrogen-bond acceptors (Lipinski definition) is 3. The summed E-state index contributed by atoms with van der Waals surface area (Å²) in [6.45, 7) is 3.32. The molecule has 0 aliphatic carbocycles. The number of aromatic amines is 1. The number of nitrogens with one attached hydrogen (secondary N) is 1. The first kappa shape index (κ1) is 14.3. The third-order valence-electron chi connectivity index (χ3n) is 4.17. The fourth-order valence-electron chi connectivity index (χ4n) is 3.19. The van der Waals surface area contributed by atoms with Crippen LogP contribution in [0.5, 0.6) is 0 Å². The van der Waals surface area contributed by atoms with Gasteiger partial charge in [-0.1, -0.05) is 31.5 Å². The van der Waals surface area contributed by atoms with E-state index in [9.17, 15) is 0 Å². The van der Waals surface area contributed by atoms with Crippen molar-refractivity contribution in [3.63, 3.8) is 0 Å². The van der Waals surface area contributed by atoms with E-state index in [2.05, 4.69) is 38.7 Å². The zero-order valence-corrected chi connectivity index (χ0v) is 13.3. The van der Waals surface area contributed by atoms with Crippen LogP contribution in [0.4, 0.5) is 5.95 Å². The molecule has 1 atom stereocenters. The molecule has 112 valence electrons. The molecule has 1 N–H and O–H groups in total. The third-order valence-corrected chi connectivity index (χ3v) is 4.45. The largest absolute Gasteiger partial charge is 0.338 e.